The molecule has 6 heteroatoms. The Morgan fingerprint density at radius 2 is 1.69 bits per heavy atom. The van der Waals surface area contributed by atoms with Crippen molar-refractivity contribution >= 4 is 5.91 Å². The fourth-order valence-corrected chi connectivity index (χ4v) is 4.05. The molecule has 144 valence electrons. The normalized spacial score (nSPS) is 19.8. The summed E-state index contributed by atoms with van der Waals surface area (Å²) in [4.78, 5) is 14.5. The van der Waals surface area contributed by atoms with Crippen LogP contribution < -0.4 is 19.9 Å². The molecule has 1 heterocycles. The van der Waals surface area contributed by atoms with Crippen LogP contribution in [0.3, 0.4) is 0 Å². The molecule has 1 aromatic rings. The third-order valence-electron chi connectivity index (χ3n) is 5.84. The van der Waals surface area contributed by atoms with Gasteiger partial charge < -0.3 is 19.9 Å². The lowest BCUT2D eigenvalue weighted by molar-refractivity contribution is -0.131. The maximum absolute atomic E-state index is 12.1. The summed E-state index contributed by atoms with van der Waals surface area (Å²) in [6.45, 7) is 2.55. The fourth-order valence-electron chi connectivity index (χ4n) is 4.05. The van der Waals surface area contributed by atoms with Crippen molar-refractivity contribution in [2.75, 3.05) is 34.4 Å². The molecule has 26 heavy (non-hydrogen) atoms. The topological polar surface area (TPSA) is 74.0 Å². The van der Waals surface area contributed by atoms with Crippen LogP contribution in [0.5, 0.6) is 17.2 Å². The molecule has 1 aliphatic heterocycles. The molecule has 0 bridgehead atoms. The molecule has 2 aliphatic rings. The third-order valence-corrected chi connectivity index (χ3v) is 5.84. The van der Waals surface area contributed by atoms with E-state index in [4.69, 9.17) is 19.9 Å². The summed E-state index contributed by atoms with van der Waals surface area (Å²) in [6.07, 6.45) is 5.18. The van der Waals surface area contributed by atoms with Crippen LogP contribution in [0.1, 0.15) is 37.7 Å². The minimum atomic E-state index is -0.299. The number of benzene rings is 1. The Balaban J connectivity index is 1.68. The van der Waals surface area contributed by atoms with Gasteiger partial charge in [0.15, 0.2) is 11.5 Å². The monoisotopic (exact) mass is 362 g/mol. The van der Waals surface area contributed by atoms with E-state index in [1.54, 1.807) is 21.3 Å². The number of rotatable bonds is 8. The summed E-state index contributed by atoms with van der Waals surface area (Å²) in [5, 5.41) is 0. The van der Waals surface area contributed by atoms with Crippen LogP contribution in [0.25, 0.3) is 0 Å². The van der Waals surface area contributed by atoms with Crippen LogP contribution in [-0.4, -0.2) is 45.2 Å². The molecule has 2 N–H and O–H groups in total. The van der Waals surface area contributed by atoms with Gasteiger partial charge in [0.2, 0.25) is 11.7 Å². The molecule has 6 nitrogen and oxygen atoms in total. The Kier molecular flexibility index (Phi) is 5.61. The van der Waals surface area contributed by atoms with Crippen LogP contribution >= 0.6 is 0 Å². The second-order valence-electron chi connectivity index (χ2n) is 7.60. The summed E-state index contributed by atoms with van der Waals surface area (Å²) in [5.41, 5.74) is 6.59. The summed E-state index contributed by atoms with van der Waals surface area (Å²) < 4.78 is 16.3. The van der Waals surface area contributed by atoms with Gasteiger partial charge in [-0.05, 0) is 56.0 Å². The number of piperidine rings is 1. The predicted molar refractivity (Wildman–Crippen MR) is 99.6 cm³/mol. The third kappa shape index (κ3) is 3.90. The number of nitrogens with zero attached hydrogens (tertiary/aromatic N) is 1. The minimum absolute atomic E-state index is 0.114. The Morgan fingerprint density at radius 3 is 2.12 bits per heavy atom. The minimum Gasteiger partial charge on any atom is -0.493 e. The first-order valence-corrected chi connectivity index (χ1v) is 9.32. The van der Waals surface area contributed by atoms with Gasteiger partial charge in [-0.1, -0.05) is 12.8 Å². The summed E-state index contributed by atoms with van der Waals surface area (Å²) >= 11 is 0. The van der Waals surface area contributed by atoms with Crippen molar-refractivity contribution in [2.45, 2.75) is 38.6 Å². The second-order valence-corrected chi connectivity index (χ2v) is 7.60. The molecule has 1 saturated heterocycles. The standard InChI is InChI=1S/C20H30N2O4/c1-24-16-10-15(11-17(25-2)18(16)26-3)13-22-8-6-20(7-9-22,19(21)23)12-14-4-5-14/h10-11,14H,4-9,12-13H2,1-3H3,(H2,21,23). The van der Waals surface area contributed by atoms with Crippen LogP contribution in [0.4, 0.5) is 0 Å². The molecule has 2 fully saturated rings. The molecule has 1 aromatic carbocycles. The van der Waals surface area contributed by atoms with Crippen molar-refractivity contribution in [3.63, 3.8) is 0 Å². The summed E-state index contributed by atoms with van der Waals surface area (Å²) in [6, 6.07) is 3.98. The molecule has 3 rings (SSSR count). The van der Waals surface area contributed by atoms with E-state index in [2.05, 4.69) is 4.90 Å². The maximum Gasteiger partial charge on any atom is 0.223 e. The van der Waals surface area contributed by atoms with Gasteiger partial charge in [0.05, 0.1) is 26.7 Å². The molecule has 0 spiro atoms. The number of nitrogens with two attached hydrogens (primary N) is 1. The van der Waals surface area contributed by atoms with Crippen LogP contribution in [-0.2, 0) is 11.3 Å². The predicted octanol–water partition coefficient (Wildman–Crippen LogP) is 2.58. The summed E-state index contributed by atoms with van der Waals surface area (Å²) in [5.74, 6) is 2.54. The van der Waals surface area contributed by atoms with Gasteiger partial charge in [0, 0.05) is 6.54 Å². The van der Waals surface area contributed by atoms with E-state index in [0.29, 0.717) is 23.2 Å². The molecule has 0 unspecified atom stereocenters. The Hall–Kier alpha value is -1.95. The highest BCUT2D eigenvalue weighted by molar-refractivity contribution is 5.81. The van der Waals surface area contributed by atoms with Crippen LogP contribution in [0.15, 0.2) is 12.1 Å². The first-order chi connectivity index (χ1) is 12.5. The Labute approximate surface area is 155 Å². The number of primary amides is 1. The van der Waals surface area contributed by atoms with Gasteiger partial charge in [-0.3, -0.25) is 9.69 Å². The summed E-state index contributed by atoms with van der Waals surface area (Å²) in [7, 11) is 4.86. The van der Waals surface area contributed by atoms with Crippen molar-refractivity contribution in [1.82, 2.24) is 4.90 Å². The smallest absolute Gasteiger partial charge is 0.223 e. The SMILES string of the molecule is COc1cc(CN2CCC(CC3CC3)(C(N)=O)CC2)cc(OC)c1OC. The number of hydrogen-bond donors (Lipinski definition) is 1. The number of likely N-dealkylation sites (tertiary alicyclic amines) is 1. The molecule has 1 aliphatic carbocycles. The number of carbonyl (C=O) groups excluding carboxylic acids is 1. The van der Waals surface area contributed by atoms with Gasteiger partial charge in [0.1, 0.15) is 0 Å². The number of carbonyl (C=O) groups is 1. The van der Waals surface area contributed by atoms with Crippen molar-refractivity contribution in [2.24, 2.45) is 17.1 Å². The van der Waals surface area contributed by atoms with Gasteiger partial charge in [-0.25, -0.2) is 0 Å². The molecular formula is C20H30N2O4. The quantitative estimate of drug-likeness (QED) is 0.769. The van der Waals surface area contributed by atoms with E-state index in [-0.39, 0.29) is 11.3 Å². The molecule has 0 radical (unpaired) electrons. The first-order valence-electron chi connectivity index (χ1n) is 9.32. The van der Waals surface area contributed by atoms with Crippen molar-refractivity contribution in [1.29, 1.82) is 0 Å². The van der Waals surface area contributed by atoms with Crippen molar-refractivity contribution in [3.05, 3.63) is 17.7 Å². The lowest BCUT2D eigenvalue weighted by Gasteiger charge is -2.40. The van der Waals surface area contributed by atoms with Crippen molar-refractivity contribution in [3.8, 4) is 17.2 Å². The lowest BCUT2D eigenvalue weighted by Crippen LogP contribution is -2.47. The van der Waals surface area contributed by atoms with Gasteiger partial charge in [0.25, 0.3) is 0 Å². The highest BCUT2D eigenvalue weighted by atomic mass is 16.5. The van der Waals surface area contributed by atoms with Crippen LogP contribution in [0.2, 0.25) is 0 Å². The molecule has 0 atom stereocenters. The zero-order valence-corrected chi connectivity index (χ0v) is 16.0. The largest absolute Gasteiger partial charge is 0.493 e. The van der Waals surface area contributed by atoms with E-state index >= 15 is 0 Å². The number of methoxy groups -OCH3 is 3. The van der Waals surface area contributed by atoms with E-state index in [0.717, 1.165) is 44.5 Å². The van der Waals surface area contributed by atoms with Crippen LogP contribution in [0, 0.1) is 11.3 Å². The van der Waals surface area contributed by atoms with E-state index < -0.39 is 0 Å². The molecule has 1 saturated carbocycles. The average molecular weight is 362 g/mol. The molecular weight excluding hydrogens is 332 g/mol. The van der Waals surface area contributed by atoms with E-state index in [1.165, 1.54) is 12.8 Å². The van der Waals surface area contributed by atoms with Gasteiger partial charge in [-0.15, -0.1) is 0 Å². The zero-order chi connectivity index (χ0) is 18.7. The maximum atomic E-state index is 12.1. The molecule has 0 aromatic heterocycles. The average Bonchev–Trinajstić information content (AvgIpc) is 3.46. The number of ether oxygens (including phenoxy) is 3. The molecule has 1 amide bonds. The van der Waals surface area contributed by atoms with E-state index in [1.807, 2.05) is 12.1 Å². The number of hydrogen-bond acceptors (Lipinski definition) is 5. The highest BCUT2D eigenvalue weighted by Gasteiger charge is 2.43. The Morgan fingerprint density at radius 1 is 1.12 bits per heavy atom. The fraction of sp³-hybridized carbons (Fsp3) is 0.650. The second kappa shape index (κ2) is 7.74. The van der Waals surface area contributed by atoms with Gasteiger partial charge >= 0.3 is 0 Å². The highest BCUT2D eigenvalue weighted by Crippen LogP contribution is 2.46. The first kappa shape index (κ1) is 18.8. The van der Waals surface area contributed by atoms with Gasteiger partial charge in [-0.2, -0.15) is 0 Å². The lowest BCUT2D eigenvalue weighted by atomic mass is 9.73. The van der Waals surface area contributed by atoms with E-state index in [9.17, 15) is 4.79 Å². The number of amides is 1. The van der Waals surface area contributed by atoms with Crippen molar-refractivity contribution < 1.29 is 19.0 Å². The zero-order valence-electron chi connectivity index (χ0n) is 16.0. The Bertz CT molecular complexity index is 624.